The van der Waals surface area contributed by atoms with Crippen LogP contribution in [0.4, 0.5) is 10.1 Å². The van der Waals surface area contributed by atoms with E-state index in [4.69, 9.17) is 0 Å². The molecule has 2 amide bonds. The number of hydrogen-bond donors (Lipinski definition) is 3. The largest absolute Gasteiger partial charge is 0.352 e. The molecule has 2 heterocycles. The Hall–Kier alpha value is -3.62. The van der Waals surface area contributed by atoms with Crippen LogP contribution in [-0.4, -0.2) is 38.5 Å². The fourth-order valence-electron chi connectivity index (χ4n) is 2.62. The number of nitrogens with one attached hydrogen (secondary N) is 3. The number of hydrogen-bond acceptors (Lipinski definition) is 5. The molecule has 3 rings (SSSR count). The molecule has 2 aromatic heterocycles. The van der Waals surface area contributed by atoms with Gasteiger partial charge in [-0.25, -0.2) is 14.4 Å². The average molecular weight is 382 g/mol. The maximum absolute atomic E-state index is 13.8. The van der Waals surface area contributed by atoms with Crippen LogP contribution in [0.2, 0.25) is 0 Å². The van der Waals surface area contributed by atoms with E-state index < -0.39 is 11.7 Å². The highest BCUT2D eigenvalue weighted by Crippen LogP contribution is 2.15. The average Bonchev–Trinajstić information content (AvgIpc) is 3.09. The van der Waals surface area contributed by atoms with E-state index in [1.165, 1.54) is 30.6 Å². The predicted molar refractivity (Wildman–Crippen MR) is 100 cm³/mol. The molecular formula is C19H19FN6O2. The maximum atomic E-state index is 13.8. The summed E-state index contributed by atoms with van der Waals surface area (Å²) in [5, 5.41) is 11.8. The lowest BCUT2D eigenvalue weighted by Crippen LogP contribution is -2.27. The first-order valence-corrected chi connectivity index (χ1v) is 8.62. The van der Waals surface area contributed by atoms with Crippen molar-refractivity contribution in [3.63, 3.8) is 0 Å². The number of aromatic nitrogens is 4. The second kappa shape index (κ2) is 8.38. The third-order valence-electron chi connectivity index (χ3n) is 4.08. The van der Waals surface area contributed by atoms with Gasteiger partial charge in [0, 0.05) is 24.9 Å². The van der Waals surface area contributed by atoms with Crippen LogP contribution in [0.5, 0.6) is 0 Å². The van der Waals surface area contributed by atoms with Crippen LogP contribution in [0.1, 0.15) is 37.9 Å². The summed E-state index contributed by atoms with van der Waals surface area (Å²) in [5.74, 6) is -0.825. The lowest BCUT2D eigenvalue weighted by Gasteiger charge is -2.11. The topological polar surface area (TPSA) is 113 Å². The summed E-state index contributed by atoms with van der Waals surface area (Å²) in [7, 11) is 0. The minimum atomic E-state index is -0.534. The van der Waals surface area contributed by atoms with Gasteiger partial charge in [-0.15, -0.1) is 0 Å². The van der Waals surface area contributed by atoms with Crippen LogP contribution in [-0.2, 0) is 6.42 Å². The molecule has 0 unspecified atom stereocenters. The number of rotatable bonds is 6. The number of para-hydroxylation sites is 1. The van der Waals surface area contributed by atoms with Gasteiger partial charge in [0.15, 0.2) is 0 Å². The highest BCUT2D eigenvalue weighted by molar-refractivity contribution is 6.04. The van der Waals surface area contributed by atoms with Crippen LogP contribution in [0.3, 0.4) is 0 Å². The van der Waals surface area contributed by atoms with Crippen molar-refractivity contribution in [2.75, 3.05) is 11.9 Å². The molecule has 9 heteroatoms. The summed E-state index contributed by atoms with van der Waals surface area (Å²) >= 11 is 0. The number of anilines is 1. The number of benzene rings is 1. The van der Waals surface area contributed by atoms with Gasteiger partial charge in [0.1, 0.15) is 11.6 Å². The first kappa shape index (κ1) is 19.2. The number of aromatic amines is 1. The van der Waals surface area contributed by atoms with Gasteiger partial charge < -0.3 is 10.6 Å². The van der Waals surface area contributed by atoms with E-state index in [0.29, 0.717) is 29.2 Å². The third kappa shape index (κ3) is 4.37. The van der Waals surface area contributed by atoms with Gasteiger partial charge in [-0.3, -0.25) is 14.7 Å². The second-order valence-electron chi connectivity index (χ2n) is 6.13. The molecule has 0 spiro atoms. The predicted octanol–water partition coefficient (Wildman–Crippen LogP) is 2.18. The fourth-order valence-corrected chi connectivity index (χ4v) is 2.62. The molecule has 8 nitrogen and oxygen atoms in total. The van der Waals surface area contributed by atoms with Crippen molar-refractivity contribution in [3.05, 3.63) is 70.8 Å². The van der Waals surface area contributed by atoms with E-state index in [0.717, 1.165) is 0 Å². The number of halogens is 1. The number of H-pyrrole nitrogens is 1. The zero-order chi connectivity index (χ0) is 20.1. The Morgan fingerprint density at radius 2 is 1.89 bits per heavy atom. The molecule has 28 heavy (non-hydrogen) atoms. The summed E-state index contributed by atoms with van der Waals surface area (Å²) in [6.07, 6.45) is 3.16. The Kier molecular flexibility index (Phi) is 5.73. The molecule has 0 aliphatic heterocycles. The van der Waals surface area contributed by atoms with Gasteiger partial charge in [-0.1, -0.05) is 12.1 Å². The Morgan fingerprint density at radius 1 is 1.11 bits per heavy atom. The highest BCUT2D eigenvalue weighted by Gasteiger charge is 2.16. The maximum Gasteiger partial charge on any atom is 0.259 e. The van der Waals surface area contributed by atoms with Gasteiger partial charge in [0.25, 0.3) is 11.8 Å². The Bertz CT molecular complexity index is 1020. The van der Waals surface area contributed by atoms with Crippen LogP contribution < -0.4 is 10.6 Å². The number of carbonyl (C=O) groups excluding carboxylic acids is 2. The Balaban J connectivity index is 1.70. The number of nitrogens with zero attached hydrogens (tertiary/aromatic N) is 3. The van der Waals surface area contributed by atoms with Crippen molar-refractivity contribution in [1.29, 1.82) is 0 Å². The molecule has 1 aromatic carbocycles. The minimum absolute atomic E-state index is 0.0720. The Labute approximate surface area is 160 Å². The molecule has 0 atom stereocenters. The summed E-state index contributed by atoms with van der Waals surface area (Å²) in [4.78, 5) is 33.1. The normalized spacial score (nSPS) is 10.5. The van der Waals surface area contributed by atoms with Gasteiger partial charge in [0.2, 0.25) is 0 Å². The first-order valence-electron chi connectivity index (χ1n) is 8.62. The lowest BCUT2D eigenvalue weighted by molar-refractivity contribution is 0.0953. The van der Waals surface area contributed by atoms with Crippen LogP contribution in [0.15, 0.2) is 36.7 Å². The molecule has 3 N–H and O–H groups in total. The molecule has 0 aliphatic carbocycles. The molecule has 0 saturated heterocycles. The van der Waals surface area contributed by atoms with Crippen molar-refractivity contribution >= 4 is 17.5 Å². The Morgan fingerprint density at radius 3 is 2.61 bits per heavy atom. The summed E-state index contributed by atoms with van der Waals surface area (Å²) in [5.41, 5.74) is 1.88. The third-order valence-corrected chi connectivity index (χ3v) is 4.08. The summed E-state index contributed by atoms with van der Waals surface area (Å²) in [6, 6.07) is 5.89. The SMILES string of the molecule is Cc1ncc(C(=O)Nc2ccccc2F)c(CCNC(=O)c2cn[nH]c2C)n1. The molecule has 0 aliphatic rings. The standard InChI is InChI=1S/C19H19FN6O2/c1-11-13(10-23-26-11)18(27)21-8-7-16-14(9-22-12(2)24-16)19(28)25-17-6-4-3-5-15(17)20/h3-6,9-10H,7-8H2,1-2H3,(H,21,27)(H,23,26)(H,25,28). The van der Waals surface area contributed by atoms with E-state index in [2.05, 4.69) is 30.8 Å². The number of carbonyl (C=O) groups is 2. The first-order chi connectivity index (χ1) is 13.5. The van der Waals surface area contributed by atoms with Crippen molar-refractivity contribution in [3.8, 4) is 0 Å². The van der Waals surface area contributed by atoms with Crippen LogP contribution >= 0.6 is 0 Å². The molecular weight excluding hydrogens is 363 g/mol. The number of aryl methyl sites for hydroxylation is 2. The van der Waals surface area contributed by atoms with Crippen LogP contribution in [0, 0.1) is 19.7 Å². The van der Waals surface area contributed by atoms with Gasteiger partial charge >= 0.3 is 0 Å². The van der Waals surface area contributed by atoms with Gasteiger partial charge in [0.05, 0.1) is 28.7 Å². The summed E-state index contributed by atoms with van der Waals surface area (Å²) < 4.78 is 13.8. The minimum Gasteiger partial charge on any atom is -0.352 e. The fraction of sp³-hybridized carbons (Fsp3) is 0.211. The van der Waals surface area contributed by atoms with E-state index >= 15 is 0 Å². The molecule has 0 radical (unpaired) electrons. The van der Waals surface area contributed by atoms with Gasteiger partial charge in [-0.2, -0.15) is 5.10 Å². The van der Waals surface area contributed by atoms with Crippen molar-refractivity contribution in [2.24, 2.45) is 0 Å². The van der Waals surface area contributed by atoms with E-state index in [-0.39, 0.29) is 23.7 Å². The molecule has 0 bridgehead atoms. The van der Waals surface area contributed by atoms with Crippen molar-refractivity contribution in [1.82, 2.24) is 25.5 Å². The van der Waals surface area contributed by atoms with E-state index in [9.17, 15) is 14.0 Å². The molecule has 0 fully saturated rings. The zero-order valence-electron chi connectivity index (χ0n) is 15.4. The zero-order valence-corrected chi connectivity index (χ0v) is 15.4. The quantitative estimate of drug-likeness (QED) is 0.605. The van der Waals surface area contributed by atoms with Crippen LogP contribution in [0.25, 0.3) is 0 Å². The highest BCUT2D eigenvalue weighted by atomic mass is 19.1. The van der Waals surface area contributed by atoms with Crippen molar-refractivity contribution < 1.29 is 14.0 Å². The number of amides is 2. The van der Waals surface area contributed by atoms with E-state index in [1.807, 2.05) is 0 Å². The molecule has 3 aromatic rings. The monoisotopic (exact) mass is 382 g/mol. The van der Waals surface area contributed by atoms with Gasteiger partial charge in [-0.05, 0) is 26.0 Å². The lowest BCUT2D eigenvalue weighted by atomic mass is 10.1. The molecule has 144 valence electrons. The van der Waals surface area contributed by atoms with E-state index in [1.54, 1.807) is 19.9 Å². The summed E-state index contributed by atoms with van der Waals surface area (Å²) in [6.45, 7) is 3.72. The smallest absolute Gasteiger partial charge is 0.259 e. The molecule has 0 saturated carbocycles. The second-order valence-corrected chi connectivity index (χ2v) is 6.13. The van der Waals surface area contributed by atoms with Crippen molar-refractivity contribution in [2.45, 2.75) is 20.3 Å².